The molecule has 174 valence electrons. The summed E-state index contributed by atoms with van der Waals surface area (Å²) < 4.78 is 13.9. The molecule has 0 spiro atoms. The average molecular weight is 460 g/mol. The Bertz CT molecular complexity index is 1520. The van der Waals surface area contributed by atoms with Crippen LogP contribution in [-0.4, -0.2) is 26.7 Å². The Labute approximate surface area is 195 Å². The Kier molecular flexibility index (Phi) is 5.75. The van der Waals surface area contributed by atoms with Gasteiger partial charge in [0.05, 0.1) is 10.9 Å². The molecule has 4 heterocycles. The number of rotatable bonds is 7. The Balaban J connectivity index is 1.54. The molecule has 9 nitrogen and oxygen atoms in total. The van der Waals surface area contributed by atoms with Crippen LogP contribution in [0.2, 0.25) is 0 Å². The predicted molar refractivity (Wildman–Crippen MR) is 126 cm³/mol. The lowest BCUT2D eigenvalue weighted by molar-refractivity contribution is 0.0948. The smallest absolute Gasteiger partial charge is 0.267 e. The van der Waals surface area contributed by atoms with Gasteiger partial charge in [-0.25, -0.2) is 4.98 Å². The number of hydrogen-bond donors (Lipinski definition) is 2. The standard InChI is InChI=1S/C25H25N5O4/c1-2-3-5-11-30-22(26)17(13-18-23(30)28-21-7-4-6-10-29(21)25(18)32)24(31)27-14-16-8-9-19-20(12-16)34-15-33-19/h4,6-10,12-13,26H,2-3,5,11,14-15H2,1H3,(H,27,31). The maximum Gasteiger partial charge on any atom is 0.267 e. The fraction of sp³-hybridized carbons (Fsp3) is 0.280. The molecule has 34 heavy (non-hydrogen) atoms. The zero-order valence-corrected chi connectivity index (χ0v) is 18.8. The van der Waals surface area contributed by atoms with Crippen LogP contribution in [0, 0.1) is 5.41 Å². The molecule has 0 fully saturated rings. The molecule has 5 rings (SSSR count). The SMILES string of the molecule is CCCCCn1c(=N)c(C(=O)NCc2ccc3c(c2)OCO3)cc2c(=O)n3ccccc3nc21. The Morgan fingerprint density at radius 3 is 2.85 bits per heavy atom. The van der Waals surface area contributed by atoms with Crippen molar-refractivity contribution < 1.29 is 14.3 Å². The molecule has 0 saturated heterocycles. The van der Waals surface area contributed by atoms with Crippen LogP contribution in [0.5, 0.6) is 11.5 Å². The molecule has 0 saturated carbocycles. The van der Waals surface area contributed by atoms with E-state index < -0.39 is 5.91 Å². The highest BCUT2D eigenvalue weighted by Gasteiger charge is 2.18. The highest BCUT2D eigenvalue weighted by atomic mass is 16.7. The van der Waals surface area contributed by atoms with Gasteiger partial charge in [-0.1, -0.05) is 31.9 Å². The minimum Gasteiger partial charge on any atom is -0.454 e. The van der Waals surface area contributed by atoms with E-state index in [1.54, 1.807) is 29.0 Å². The fourth-order valence-corrected chi connectivity index (χ4v) is 4.13. The van der Waals surface area contributed by atoms with Gasteiger partial charge in [0, 0.05) is 19.3 Å². The summed E-state index contributed by atoms with van der Waals surface area (Å²) in [5.41, 5.74) is 1.68. The number of benzene rings is 1. The fourth-order valence-electron chi connectivity index (χ4n) is 4.13. The first-order valence-electron chi connectivity index (χ1n) is 11.3. The van der Waals surface area contributed by atoms with E-state index in [4.69, 9.17) is 14.9 Å². The first-order chi connectivity index (χ1) is 16.6. The average Bonchev–Trinajstić information content (AvgIpc) is 3.32. The zero-order chi connectivity index (χ0) is 23.7. The van der Waals surface area contributed by atoms with Crippen molar-refractivity contribution in [3.05, 3.63) is 75.6 Å². The molecule has 1 aliphatic rings. The van der Waals surface area contributed by atoms with Crippen molar-refractivity contribution in [3.63, 3.8) is 0 Å². The predicted octanol–water partition coefficient (Wildman–Crippen LogP) is 2.98. The van der Waals surface area contributed by atoms with Gasteiger partial charge in [-0.15, -0.1) is 0 Å². The molecule has 2 N–H and O–H groups in total. The van der Waals surface area contributed by atoms with Crippen LogP contribution < -0.4 is 25.8 Å². The van der Waals surface area contributed by atoms with Crippen molar-refractivity contribution in [2.75, 3.05) is 6.79 Å². The molecule has 1 amide bonds. The second kappa shape index (κ2) is 9.01. The van der Waals surface area contributed by atoms with E-state index in [9.17, 15) is 9.59 Å². The Hall–Kier alpha value is -4.14. The summed E-state index contributed by atoms with van der Waals surface area (Å²) in [4.78, 5) is 31.0. The molecule has 1 aromatic carbocycles. The first-order valence-corrected chi connectivity index (χ1v) is 11.3. The zero-order valence-electron chi connectivity index (χ0n) is 18.8. The molecule has 4 aromatic rings. The van der Waals surface area contributed by atoms with Crippen LogP contribution >= 0.6 is 0 Å². The lowest BCUT2D eigenvalue weighted by atomic mass is 10.1. The van der Waals surface area contributed by atoms with Gasteiger partial charge in [0.25, 0.3) is 11.5 Å². The van der Waals surface area contributed by atoms with Crippen molar-refractivity contribution in [1.82, 2.24) is 19.3 Å². The van der Waals surface area contributed by atoms with E-state index in [-0.39, 0.29) is 29.9 Å². The lowest BCUT2D eigenvalue weighted by Gasteiger charge is -2.15. The number of ether oxygens (including phenoxy) is 2. The van der Waals surface area contributed by atoms with Crippen molar-refractivity contribution in [2.24, 2.45) is 0 Å². The number of nitrogens with zero attached hydrogens (tertiary/aromatic N) is 3. The molecule has 0 bridgehead atoms. The van der Waals surface area contributed by atoms with E-state index in [1.807, 2.05) is 18.2 Å². The third kappa shape index (κ3) is 3.89. The Morgan fingerprint density at radius 1 is 1.15 bits per heavy atom. The highest BCUT2D eigenvalue weighted by Crippen LogP contribution is 2.32. The largest absolute Gasteiger partial charge is 0.454 e. The van der Waals surface area contributed by atoms with Gasteiger partial charge in [-0.2, -0.15) is 0 Å². The molecule has 1 aliphatic heterocycles. The van der Waals surface area contributed by atoms with Crippen LogP contribution in [-0.2, 0) is 13.1 Å². The van der Waals surface area contributed by atoms with Crippen molar-refractivity contribution >= 4 is 22.6 Å². The van der Waals surface area contributed by atoms with Gasteiger partial charge in [0.2, 0.25) is 6.79 Å². The second-order valence-corrected chi connectivity index (χ2v) is 8.22. The highest BCUT2D eigenvalue weighted by molar-refractivity contribution is 5.96. The summed E-state index contributed by atoms with van der Waals surface area (Å²) in [5, 5.41) is 11.9. The van der Waals surface area contributed by atoms with Gasteiger partial charge in [-0.05, 0) is 42.3 Å². The quantitative estimate of drug-likeness (QED) is 0.326. The third-order valence-electron chi connectivity index (χ3n) is 5.94. The second-order valence-electron chi connectivity index (χ2n) is 8.22. The lowest BCUT2D eigenvalue weighted by Crippen LogP contribution is -2.34. The van der Waals surface area contributed by atoms with E-state index >= 15 is 0 Å². The number of unbranched alkanes of at least 4 members (excludes halogenated alkanes) is 2. The molecular formula is C25H25N5O4. The van der Waals surface area contributed by atoms with E-state index in [0.29, 0.717) is 34.7 Å². The summed E-state index contributed by atoms with van der Waals surface area (Å²) in [7, 11) is 0. The van der Waals surface area contributed by atoms with Crippen molar-refractivity contribution in [2.45, 2.75) is 39.3 Å². The van der Waals surface area contributed by atoms with Crippen LogP contribution in [0.1, 0.15) is 42.1 Å². The third-order valence-corrected chi connectivity index (χ3v) is 5.94. The van der Waals surface area contributed by atoms with E-state index in [0.717, 1.165) is 24.8 Å². The summed E-state index contributed by atoms with van der Waals surface area (Å²) >= 11 is 0. The summed E-state index contributed by atoms with van der Waals surface area (Å²) in [6, 6.07) is 12.3. The molecule has 0 aliphatic carbocycles. The number of amides is 1. The van der Waals surface area contributed by atoms with Gasteiger partial charge in [0.15, 0.2) is 11.5 Å². The topological polar surface area (TPSA) is 111 Å². The van der Waals surface area contributed by atoms with Crippen LogP contribution in [0.15, 0.2) is 53.5 Å². The molecule has 9 heteroatoms. The molecule has 0 unspecified atom stereocenters. The van der Waals surface area contributed by atoms with Crippen molar-refractivity contribution in [3.8, 4) is 11.5 Å². The summed E-state index contributed by atoms with van der Waals surface area (Å²) in [6.45, 7) is 3.03. The van der Waals surface area contributed by atoms with Crippen molar-refractivity contribution in [1.29, 1.82) is 5.41 Å². The van der Waals surface area contributed by atoms with E-state index in [1.165, 1.54) is 10.5 Å². The van der Waals surface area contributed by atoms with Gasteiger partial charge in [0.1, 0.15) is 16.8 Å². The summed E-state index contributed by atoms with van der Waals surface area (Å²) in [5.74, 6) is 0.885. The number of aryl methyl sites for hydroxylation is 1. The maximum absolute atomic E-state index is 13.2. The monoisotopic (exact) mass is 459 g/mol. The number of hydrogen-bond acceptors (Lipinski definition) is 6. The van der Waals surface area contributed by atoms with Crippen LogP contribution in [0.25, 0.3) is 16.7 Å². The molecule has 0 radical (unpaired) electrons. The van der Waals surface area contributed by atoms with Gasteiger partial charge in [-0.3, -0.25) is 19.4 Å². The number of aromatic nitrogens is 3. The number of nitrogens with one attached hydrogen (secondary N) is 2. The maximum atomic E-state index is 13.2. The van der Waals surface area contributed by atoms with Gasteiger partial charge < -0.3 is 19.4 Å². The first kappa shape index (κ1) is 21.7. The molecule has 0 atom stereocenters. The number of carbonyl (C=O) groups is 1. The number of pyridine rings is 2. The minimum atomic E-state index is -0.425. The number of fused-ring (bicyclic) bond motifs is 3. The number of carbonyl (C=O) groups excluding carboxylic acids is 1. The molecule has 3 aromatic heterocycles. The Morgan fingerprint density at radius 2 is 2.00 bits per heavy atom. The van der Waals surface area contributed by atoms with E-state index in [2.05, 4.69) is 17.2 Å². The normalized spacial score (nSPS) is 12.4. The van der Waals surface area contributed by atoms with Crippen LogP contribution in [0.4, 0.5) is 0 Å². The van der Waals surface area contributed by atoms with Gasteiger partial charge >= 0.3 is 0 Å². The minimum absolute atomic E-state index is 0.0407. The molecular weight excluding hydrogens is 434 g/mol. The summed E-state index contributed by atoms with van der Waals surface area (Å²) in [6.07, 6.45) is 4.46. The van der Waals surface area contributed by atoms with Crippen LogP contribution in [0.3, 0.4) is 0 Å².